The Kier molecular flexibility index (Phi) is 7.04. The average Bonchev–Trinajstić information content (AvgIpc) is 2.42. The van der Waals surface area contributed by atoms with Gasteiger partial charge in [0.2, 0.25) is 0 Å². The predicted molar refractivity (Wildman–Crippen MR) is 78.8 cm³/mol. The molecule has 0 aromatic heterocycles. The third-order valence-corrected chi connectivity index (χ3v) is 2.95. The smallest absolute Gasteiger partial charge is 0.257 e. The van der Waals surface area contributed by atoms with Crippen LogP contribution in [0.3, 0.4) is 0 Å². The maximum atomic E-state index is 11.6. The highest BCUT2D eigenvalue weighted by atomic mass is 16.5. The molecule has 0 unspecified atom stereocenters. The molecule has 0 fully saturated rings. The molecule has 0 saturated heterocycles. The molecule has 0 radical (unpaired) electrons. The summed E-state index contributed by atoms with van der Waals surface area (Å²) in [4.78, 5) is 11.6. The standard InChI is InChI=1S/C15H24N2O3/c1-11-7-13(9-16)8-12(2)15(11)20-10-14(18)17-5-4-6-19-3/h7-8H,4-6,9-10,16H2,1-3H3,(H,17,18). The summed E-state index contributed by atoms with van der Waals surface area (Å²) in [6, 6.07) is 3.97. The zero-order valence-electron chi connectivity index (χ0n) is 12.5. The first-order valence-electron chi connectivity index (χ1n) is 6.77. The lowest BCUT2D eigenvalue weighted by atomic mass is 10.1. The van der Waals surface area contributed by atoms with Crippen LogP contribution in [-0.4, -0.2) is 32.8 Å². The van der Waals surface area contributed by atoms with Crippen LogP contribution < -0.4 is 15.8 Å². The van der Waals surface area contributed by atoms with Crippen LogP contribution in [-0.2, 0) is 16.1 Å². The minimum Gasteiger partial charge on any atom is -0.483 e. The monoisotopic (exact) mass is 280 g/mol. The summed E-state index contributed by atoms with van der Waals surface area (Å²) < 4.78 is 10.5. The Balaban J connectivity index is 2.47. The van der Waals surface area contributed by atoms with Crippen LogP contribution in [0.2, 0.25) is 0 Å². The van der Waals surface area contributed by atoms with Crippen LogP contribution >= 0.6 is 0 Å². The van der Waals surface area contributed by atoms with E-state index in [1.807, 2.05) is 26.0 Å². The van der Waals surface area contributed by atoms with Crippen molar-refractivity contribution in [2.75, 3.05) is 26.9 Å². The van der Waals surface area contributed by atoms with Gasteiger partial charge in [0.05, 0.1) is 0 Å². The minimum atomic E-state index is -0.122. The molecule has 5 nitrogen and oxygen atoms in total. The molecule has 1 rings (SSSR count). The van der Waals surface area contributed by atoms with E-state index < -0.39 is 0 Å². The highest BCUT2D eigenvalue weighted by Gasteiger charge is 2.08. The van der Waals surface area contributed by atoms with Crippen molar-refractivity contribution in [2.24, 2.45) is 5.73 Å². The molecule has 0 aliphatic rings. The molecular weight excluding hydrogens is 256 g/mol. The molecule has 0 aliphatic heterocycles. The van der Waals surface area contributed by atoms with Gasteiger partial charge in [-0.05, 0) is 37.0 Å². The fraction of sp³-hybridized carbons (Fsp3) is 0.533. The van der Waals surface area contributed by atoms with Gasteiger partial charge in [-0.15, -0.1) is 0 Å². The van der Waals surface area contributed by atoms with E-state index in [1.165, 1.54) is 0 Å². The van der Waals surface area contributed by atoms with E-state index in [-0.39, 0.29) is 12.5 Å². The van der Waals surface area contributed by atoms with E-state index in [1.54, 1.807) is 7.11 Å². The fourth-order valence-electron chi connectivity index (χ4n) is 2.02. The number of methoxy groups -OCH3 is 1. The van der Waals surface area contributed by atoms with E-state index in [0.29, 0.717) is 19.7 Å². The number of amides is 1. The van der Waals surface area contributed by atoms with E-state index in [4.69, 9.17) is 15.2 Å². The number of aryl methyl sites for hydroxylation is 2. The van der Waals surface area contributed by atoms with Gasteiger partial charge in [0, 0.05) is 26.8 Å². The lowest BCUT2D eigenvalue weighted by molar-refractivity contribution is -0.123. The molecule has 0 bridgehead atoms. The van der Waals surface area contributed by atoms with E-state index in [0.717, 1.165) is 28.9 Å². The SMILES string of the molecule is COCCCNC(=O)COc1c(C)cc(CN)cc1C. The summed E-state index contributed by atoms with van der Waals surface area (Å²) in [6.07, 6.45) is 0.797. The molecule has 5 heteroatoms. The van der Waals surface area contributed by atoms with Crippen LogP contribution in [0.25, 0.3) is 0 Å². The fourth-order valence-corrected chi connectivity index (χ4v) is 2.02. The lowest BCUT2D eigenvalue weighted by Gasteiger charge is -2.13. The third kappa shape index (κ3) is 5.19. The second-order valence-electron chi connectivity index (χ2n) is 4.75. The first-order valence-corrected chi connectivity index (χ1v) is 6.77. The molecule has 20 heavy (non-hydrogen) atoms. The van der Waals surface area contributed by atoms with Gasteiger partial charge in [-0.1, -0.05) is 12.1 Å². The average molecular weight is 280 g/mol. The maximum Gasteiger partial charge on any atom is 0.257 e. The van der Waals surface area contributed by atoms with Crippen molar-refractivity contribution >= 4 is 5.91 Å². The number of carbonyl (C=O) groups is 1. The predicted octanol–water partition coefficient (Wildman–Crippen LogP) is 1.29. The van der Waals surface area contributed by atoms with Gasteiger partial charge in [-0.3, -0.25) is 4.79 Å². The molecule has 3 N–H and O–H groups in total. The quantitative estimate of drug-likeness (QED) is 0.704. The Morgan fingerprint density at radius 1 is 1.30 bits per heavy atom. The zero-order chi connectivity index (χ0) is 15.0. The largest absolute Gasteiger partial charge is 0.483 e. The summed E-state index contributed by atoms with van der Waals surface area (Å²) >= 11 is 0. The third-order valence-electron chi connectivity index (χ3n) is 2.95. The van der Waals surface area contributed by atoms with Gasteiger partial charge in [0.1, 0.15) is 5.75 Å². The van der Waals surface area contributed by atoms with Gasteiger partial charge in [-0.2, -0.15) is 0 Å². The lowest BCUT2D eigenvalue weighted by Crippen LogP contribution is -2.30. The number of nitrogens with one attached hydrogen (secondary N) is 1. The summed E-state index contributed by atoms with van der Waals surface area (Å²) in [5.41, 5.74) is 8.69. The molecule has 0 spiro atoms. The van der Waals surface area contributed by atoms with Gasteiger partial charge in [-0.25, -0.2) is 0 Å². The maximum absolute atomic E-state index is 11.6. The van der Waals surface area contributed by atoms with Crippen molar-refractivity contribution in [1.29, 1.82) is 0 Å². The van der Waals surface area contributed by atoms with Crippen molar-refractivity contribution < 1.29 is 14.3 Å². The topological polar surface area (TPSA) is 73.6 Å². The second-order valence-corrected chi connectivity index (χ2v) is 4.75. The minimum absolute atomic E-state index is 0.0244. The van der Waals surface area contributed by atoms with Crippen molar-refractivity contribution in [2.45, 2.75) is 26.8 Å². The van der Waals surface area contributed by atoms with Crippen LogP contribution in [0.15, 0.2) is 12.1 Å². The molecular formula is C15H24N2O3. The second kappa shape index (κ2) is 8.55. The number of hydrogen-bond acceptors (Lipinski definition) is 4. The number of benzene rings is 1. The molecule has 0 saturated carbocycles. The molecule has 1 aromatic rings. The highest BCUT2D eigenvalue weighted by Crippen LogP contribution is 2.24. The Labute approximate surface area is 120 Å². The Hall–Kier alpha value is -1.59. The van der Waals surface area contributed by atoms with Crippen LogP contribution in [0, 0.1) is 13.8 Å². The van der Waals surface area contributed by atoms with Crippen molar-refractivity contribution in [3.05, 3.63) is 28.8 Å². The Morgan fingerprint density at radius 3 is 2.50 bits per heavy atom. The zero-order valence-corrected chi connectivity index (χ0v) is 12.5. The first kappa shape index (κ1) is 16.5. The van der Waals surface area contributed by atoms with E-state index >= 15 is 0 Å². The van der Waals surface area contributed by atoms with Gasteiger partial charge in [0.15, 0.2) is 6.61 Å². The number of rotatable bonds is 8. The van der Waals surface area contributed by atoms with Crippen LogP contribution in [0.5, 0.6) is 5.75 Å². The van der Waals surface area contributed by atoms with Crippen LogP contribution in [0.4, 0.5) is 0 Å². The van der Waals surface area contributed by atoms with Gasteiger partial charge < -0.3 is 20.5 Å². The number of hydrogen-bond donors (Lipinski definition) is 2. The van der Waals surface area contributed by atoms with Crippen molar-refractivity contribution in [1.82, 2.24) is 5.32 Å². The summed E-state index contributed by atoms with van der Waals surface area (Å²) in [6.45, 7) is 5.68. The Morgan fingerprint density at radius 2 is 1.95 bits per heavy atom. The summed E-state index contributed by atoms with van der Waals surface area (Å²) in [7, 11) is 1.64. The van der Waals surface area contributed by atoms with Crippen LogP contribution in [0.1, 0.15) is 23.1 Å². The van der Waals surface area contributed by atoms with Crippen molar-refractivity contribution in [3.8, 4) is 5.75 Å². The number of nitrogens with two attached hydrogens (primary N) is 1. The Bertz CT molecular complexity index is 424. The first-order chi connectivity index (χ1) is 9.58. The summed E-state index contributed by atoms with van der Waals surface area (Å²) in [5.74, 6) is 0.636. The molecule has 0 heterocycles. The molecule has 0 atom stereocenters. The summed E-state index contributed by atoms with van der Waals surface area (Å²) in [5, 5.41) is 2.79. The molecule has 112 valence electrons. The highest BCUT2D eigenvalue weighted by molar-refractivity contribution is 5.77. The van der Waals surface area contributed by atoms with E-state index in [2.05, 4.69) is 5.32 Å². The molecule has 0 aliphatic carbocycles. The number of ether oxygens (including phenoxy) is 2. The van der Waals surface area contributed by atoms with Crippen molar-refractivity contribution in [3.63, 3.8) is 0 Å². The molecule has 1 amide bonds. The normalized spacial score (nSPS) is 10.4. The van der Waals surface area contributed by atoms with E-state index in [9.17, 15) is 4.79 Å². The molecule has 1 aromatic carbocycles. The van der Waals surface area contributed by atoms with Gasteiger partial charge >= 0.3 is 0 Å². The number of carbonyl (C=O) groups excluding carboxylic acids is 1. The van der Waals surface area contributed by atoms with Gasteiger partial charge in [0.25, 0.3) is 5.91 Å².